The Kier molecular flexibility index (Phi) is 5.02. The summed E-state index contributed by atoms with van der Waals surface area (Å²) in [6.45, 7) is 1.81. The molecule has 0 N–H and O–H groups in total. The minimum Gasteiger partial charge on any atom is -0.497 e. The standard InChI is InChI=1S/C24H21FN2O2/c1-14-20(13-26)23(16-4-3-5-18(25)10-16)24-21(27-14)11-17(12-22(24)28)15-6-8-19(29-2)9-7-15/h3-10,17,20,23H,11-12H2,1-2H3/t17-,20?,23+/m1/s1. The highest BCUT2D eigenvalue weighted by atomic mass is 19.1. The predicted octanol–water partition coefficient (Wildman–Crippen LogP) is 4.93. The summed E-state index contributed by atoms with van der Waals surface area (Å²) in [5.74, 6) is -0.649. The molecule has 2 aromatic rings. The molecule has 0 saturated carbocycles. The van der Waals surface area contributed by atoms with Crippen molar-refractivity contribution >= 4 is 11.5 Å². The fourth-order valence-corrected chi connectivity index (χ4v) is 4.40. The Hall–Kier alpha value is -3.26. The molecule has 2 aliphatic rings. The molecule has 5 heteroatoms. The summed E-state index contributed by atoms with van der Waals surface area (Å²) < 4.78 is 19.1. The third-order valence-corrected chi connectivity index (χ3v) is 5.82. The summed E-state index contributed by atoms with van der Waals surface area (Å²) >= 11 is 0. The van der Waals surface area contributed by atoms with Gasteiger partial charge in [0.05, 0.1) is 19.1 Å². The fraction of sp³-hybridized carbons (Fsp3) is 0.292. The SMILES string of the molecule is COc1ccc([C@H]2CC(=O)C3=C(C2)N=C(C)C(C#N)[C@@H]3c2cccc(F)c2)cc1. The van der Waals surface area contributed by atoms with Gasteiger partial charge in [-0.15, -0.1) is 0 Å². The highest BCUT2D eigenvalue weighted by Crippen LogP contribution is 2.46. The number of ketones is 1. The van der Waals surface area contributed by atoms with Gasteiger partial charge in [0.2, 0.25) is 0 Å². The van der Waals surface area contributed by atoms with Gasteiger partial charge in [0, 0.05) is 29.3 Å². The molecule has 1 heterocycles. The van der Waals surface area contributed by atoms with Crippen LogP contribution in [0, 0.1) is 23.1 Å². The maximum Gasteiger partial charge on any atom is 0.161 e. The minimum atomic E-state index is -0.572. The number of carbonyl (C=O) groups is 1. The third-order valence-electron chi connectivity index (χ3n) is 5.82. The Bertz CT molecular complexity index is 1060. The number of aliphatic imine (C=N–C) groups is 1. The lowest BCUT2D eigenvalue weighted by Crippen LogP contribution is -2.32. The molecule has 4 nitrogen and oxygen atoms in total. The molecule has 0 saturated heterocycles. The Morgan fingerprint density at radius 3 is 2.55 bits per heavy atom. The van der Waals surface area contributed by atoms with Crippen LogP contribution in [0.1, 0.15) is 42.7 Å². The van der Waals surface area contributed by atoms with Gasteiger partial charge in [-0.2, -0.15) is 5.26 Å². The molecule has 1 unspecified atom stereocenters. The quantitative estimate of drug-likeness (QED) is 0.749. The molecular weight excluding hydrogens is 367 g/mol. The number of halogens is 1. The zero-order valence-electron chi connectivity index (χ0n) is 16.4. The van der Waals surface area contributed by atoms with Gasteiger partial charge in [-0.25, -0.2) is 4.39 Å². The topological polar surface area (TPSA) is 62.4 Å². The lowest BCUT2D eigenvalue weighted by molar-refractivity contribution is -0.116. The highest BCUT2D eigenvalue weighted by Gasteiger charge is 2.41. The number of nitrogens with zero attached hydrogens (tertiary/aromatic N) is 2. The van der Waals surface area contributed by atoms with E-state index in [0.29, 0.717) is 29.7 Å². The van der Waals surface area contributed by atoms with E-state index in [1.165, 1.54) is 12.1 Å². The molecule has 0 fully saturated rings. The lowest BCUT2D eigenvalue weighted by Gasteiger charge is -2.35. The van der Waals surface area contributed by atoms with Crippen molar-refractivity contribution in [3.8, 4) is 11.8 Å². The largest absolute Gasteiger partial charge is 0.497 e. The number of ether oxygens (including phenoxy) is 1. The number of allylic oxidation sites excluding steroid dienone is 2. The number of hydrogen-bond acceptors (Lipinski definition) is 4. The van der Waals surface area contributed by atoms with E-state index in [2.05, 4.69) is 11.1 Å². The molecule has 4 rings (SSSR count). The molecule has 29 heavy (non-hydrogen) atoms. The predicted molar refractivity (Wildman–Crippen MR) is 108 cm³/mol. The summed E-state index contributed by atoms with van der Waals surface area (Å²) in [7, 11) is 1.62. The van der Waals surface area contributed by atoms with Crippen LogP contribution < -0.4 is 4.74 Å². The number of hydrogen-bond donors (Lipinski definition) is 0. The van der Waals surface area contributed by atoms with Crippen molar-refractivity contribution < 1.29 is 13.9 Å². The molecule has 1 aliphatic carbocycles. The van der Waals surface area contributed by atoms with E-state index in [0.717, 1.165) is 17.0 Å². The molecular formula is C24H21FN2O2. The number of nitriles is 1. The first-order valence-electron chi connectivity index (χ1n) is 9.62. The van der Waals surface area contributed by atoms with Gasteiger partial charge < -0.3 is 4.74 Å². The lowest BCUT2D eigenvalue weighted by atomic mass is 9.69. The van der Waals surface area contributed by atoms with Crippen LogP contribution in [-0.4, -0.2) is 18.6 Å². The first kappa shape index (κ1) is 19.1. The fourth-order valence-electron chi connectivity index (χ4n) is 4.40. The summed E-state index contributed by atoms with van der Waals surface area (Å²) in [5, 5.41) is 9.75. The van der Waals surface area contributed by atoms with Crippen LogP contribution in [0.25, 0.3) is 0 Å². The third kappa shape index (κ3) is 3.47. The van der Waals surface area contributed by atoms with E-state index in [1.54, 1.807) is 19.2 Å². The summed E-state index contributed by atoms with van der Waals surface area (Å²) in [6, 6.07) is 16.2. The van der Waals surface area contributed by atoms with E-state index in [4.69, 9.17) is 4.74 Å². The molecule has 3 atom stereocenters. The van der Waals surface area contributed by atoms with Crippen LogP contribution >= 0.6 is 0 Å². The van der Waals surface area contributed by atoms with Crippen molar-refractivity contribution in [1.29, 1.82) is 5.26 Å². The summed E-state index contributed by atoms with van der Waals surface area (Å²) in [6.07, 6.45) is 0.971. The van der Waals surface area contributed by atoms with Crippen molar-refractivity contribution in [3.05, 3.63) is 76.7 Å². The van der Waals surface area contributed by atoms with Crippen molar-refractivity contribution in [2.45, 2.75) is 31.6 Å². The second-order valence-corrected chi connectivity index (χ2v) is 7.55. The smallest absolute Gasteiger partial charge is 0.161 e. The molecule has 0 aromatic heterocycles. The zero-order valence-corrected chi connectivity index (χ0v) is 16.4. The number of methoxy groups -OCH3 is 1. The highest BCUT2D eigenvalue weighted by molar-refractivity contribution is 6.03. The van der Waals surface area contributed by atoms with Crippen LogP contribution in [0.3, 0.4) is 0 Å². The molecule has 146 valence electrons. The Morgan fingerprint density at radius 1 is 1.14 bits per heavy atom. The van der Waals surface area contributed by atoms with Crippen LogP contribution in [-0.2, 0) is 4.79 Å². The Balaban J connectivity index is 1.76. The summed E-state index contributed by atoms with van der Waals surface area (Å²) in [4.78, 5) is 17.9. The molecule has 0 spiro atoms. The normalized spacial score (nSPS) is 23.9. The first-order valence-corrected chi connectivity index (χ1v) is 9.62. The average molecular weight is 388 g/mol. The molecule has 0 bridgehead atoms. The van der Waals surface area contributed by atoms with E-state index >= 15 is 0 Å². The number of rotatable bonds is 3. The van der Waals surface area contributed by atoms with Crippen LogP contribution in [0.4, 0.5) is 4.39 Å². The van der Waals surface area contributed by atoms with Crippen LogP contribution in [0.15, 0.2) is 64.8 Å². The van der Waals surface area contributed by atoms with E-state index < -0.39 is 11.8 Å². The molecule has 0 radical (unpaired) electrons. The number of benzene rings is 2. The van der Waals surface area contributed by atoms with Crippen molar-refractivity contribution in [2.24, 2.45) is 10.9 Å². The van der Waals surface area contributed by atoms with Crippen LogP contribution in [0.5, 0.6) is 5.75 Å². The maximum absolute atomic E-state index is 13.9. The van der Waals surface area contributed by atoms with Crippen molar-refractivity contribution in [2.75, 3.05) is 7.11 Å². The molecule has 2 aromatic carbocycles. The monoisotopic (exact) mass is 388 g/mol. The summed E-state index contributed by atoms with van der Waals surface area (Å²) in [5.41, 5.74) is 3.67. The van der Waals surface area contributed by atoms with Gasteiger partial charge in [-0.05, 0) is 54.7 Å². The van der Waals surface area contributed by atoms with Crippen LogP contribution in [0.2, 0.25) is 0 Å². The number of carbonyl (C=O) groups excluding carboxylic acids is 1. The van der Waals surface area contributed by atoms with Gasteiger partial charge in [0.15, 0.2) is 5.78 Å². The molecule has 0 amide bonds. The van der Waals surface area contributed by atoms with Gasteiger partial charge >= 0.3 is 0 Å². The molecule has 1 aliphatic heterocycles. The van der Waals surface area contributed by atoms with Crippen molar-refractivity contribution in [3.63, 3.8) is 0 Å². The first-order chi connectivity index (χ1) is 14.0. The van der Waals surface area contributed by atoms with E-state index in [1.807, 2.05) is 31.2 Å². The van der Waals surface area contributed by atoms with E-state index in [9.17, 15) is 14.4 Å². The van der Waals surface area contributed by atoms with Gasteiger partial charge in [-0.3, -0.25) is 9.79 Å². The second-order valence-electron chi connectivity index (χ2n) is 7.55. The van der Waals surface area contributed by atoms with Crippen molar-refractivity contribution in [1.82, 2.24) is 0 Å². The zero-order chi connectivity index (χ0) is 20.5. The Morgan fingerprint density at radius 2 is 1.90 bits per heavy atom. The Labute approximate surface area is 169 Å². The minimum absolute atomic E-state index is 0.0159. The second kappa shape index (κ2) is 7.63. The van der Waals surface area contributed by atoms with E-state index in [-0.39, 0.29) is 17.5 Å². The van der Waals surface area contributed by atoms with Gasteiger partial charge in [0.1, 0.15) is 11.6 Å². The average Bonchev–Trinajstić information content (AvgIpc) is 2.72. The number of Topliss-reactive ketones (excluding diaryl/α,β-unsaturated/α-hetero) is 1. The van der Waals surface area contributed by atoms with Gasteiger partial charge in [-0.1, -0.05) is 24.3 Å². The maximum atomic E-state index is 13.9. The van der Waals surface area contributed by atoms with Gasteiger partial charge in [0.25, 0.3) is 0 Å².